The first-order valence-electron chi connectivity index (χ1n) is 8.31. The zero-order valence-electron chi connectivity index (χ0n) is 15.1. The number of hydrogen-bond acceptors (Lipinski definition) is 7. The van der Waals surface area contributed by atoms with Gasteiger partial charge in [-0.15, -0.1) is 0 Å². The van der Waals surface area contributed by atoms with Gasteiger partial charge in [-0.25, -0.2) is 9.37 Å². The van der Waals surface area contributed by atoms with Gasteiger partial charge in [-0.2, -0.15) is 9.65 Å². The van der Waals surface area contributed by atoms with Crippen molar-refractivity contribution in [2.24, 2.45) is 7.05 Å². The lowest BCUT2D eigenvalue weighted by Crippen LogP contribution is -2.32. The summed E-state index contributed by atoms with van der Waals surface area (Å²) in [5.74, 6) is -2.22. The first-order chi connectivity index (χ1) is 13.8. The van der Waals surface area contributed by atoms with Gasteiger partial charge in [0.05, 0.1) is 42.3 Å². The van der Waals surface area contributed by atoms with Gasteiger partial charge in [0.25, 0.3) is 11.1 Å². The molecule has 3 rings (SSSR count). The van der Waals surface area contributed by atoms with Crippen molar-refractivity contribution in [2.75, 3.05) is 11.9 Å². The van der Waals surface area contributed by atoms with Crippen LogP contribution in [0.4, 0.5) is 20.2 Å². The van der Waals surface area contributed by atoms with Crippen LogP contribution in [0.5, 0.6) is 0 Å². The summed E-state index contributed by atoms with van der Waals surface area (Å²) in [5, 5.41) is 29.4. The number of benzene rings is 1. The molecule has 0 radical (unpaired) electrons. The number of rotatable bonds is 5. The normalized spacial score (nSPS) is 12.0. The van der Waals surface area contributed by atoms with E-state index in [9.17, 15) is 23.5 Å². The molecule has 1 aromatic carbocycles. The molecule has 3 N–H and O–H groups in total. The van der Waals surface area contributed by atoms with Crippen LogP contribution in [0.1, 0.15) is 5.56 Å². The summed E-state index contributed by atoms with van der Waals surface area (Å²) in [5.41, 5.74) is -2.88. The molecule has 29 heavy (non-hydrogen) atoms. The summed E-state index contributed by atoms with van der Waals surface area (Å²) in [6.45, 7) is -0.943. The van der Waals surface area contributed by atoms with Gasteiger partial charge >= 0.3 is 0 Å². The number of aromatic nitrogens is 3. The third kappa shape index (κ3) is 3.58. The lowest BCUT2D eigenvalue weighted by atomic mass is 10.2. The van der Waals surface area contributed by atoms with Crippen molar-refractivity contribution in [3.8, 4) is 6.07 Å². The Morgan fingerprint density at radius 1 is 1.31 bits per heavy atom. The molecule has 0 aliphatic carbocycles. The van der Waals surface area contributed by atoms with Crippen LogP contribution in [-0.2, 0) is 13.6 Å². The van der Waals surface area contributed by atoms with E-state index < -0.39 is 41.2 Å². The predicted octanol–water partition coefficient (Wildman–Crippen LogP) is 0.342. The van der Waals surface area contributed by atoms with Crippen molar-refractivity contribution >= 4 is 22.4 Å². The van der Waals surface area contributed by atoms with Crippen LogP contribution in [0.15, 0.2) is 34.1 Å². The monoisotopic (exact) mass is 403 g/mol. The number of nitrogens with one attached hydrogen (secondary N) is 1. The summed E-state index contributed by atoms with van der Waals surface area (Å²) >= 11 is 0. The molecule has 0 saturated carbocycles. The Kier molecular flexibility index (Phi) is 5.40. The highest BCUT2D eigenvalue weighted by molar-refractivity contribution is 5.90. The number of nitriles is 1. The van der Waals surface area contributed by atoms with Gasteiger partial charge in [-0.05, 0) is 18.2 Å². The first kappa shape index (κ1) is 20.1. The van der Waals surface area contributed by atoms with Crippen LogP contribution in [0.2, 0.25) is 0 Å². The van der Waals surface area contributed by atoms with Crippen molar-refractivity contribution in [3.63, 3.8) is 0 Å². The maximum absolute atomic E-state index is 14.8. The van der Waals surface area contributed by atoms with Gasteiger partial charge in [0.1, 0.15) is 17.5 Å². The lowest BCUT2D eigenvalue weighted by molar-refractivity contribution is 0.0802. The fourth-order valence-electron chi connectivity index (χ4n) is 2.77. The summed E-state index contributed by atoms with van der Waals surface area (Å²) in [6, 6.07) is 5.11. The molecule has 2 heterocycles. The fourth-order valence-corrected chi connectivity index (χ4v) is 2.77. The van der Waals surface area contributed by atoms with E-state index in [2.05, 4.69) is 10.3 Å². The van der Waals surface area contributed by atoms with Crippen LogP contribution < -0.4 is 16.4 Å². The number of anilines is 2. The minimum Gasteiger partial charge on any atom is -0.394 e. The molecule has 0 spiro atoms. The molecule has 0 saturated heterocycles. The van der Waals surface area contributed by atoms with Crippen LogP contribution in [0.3, 0.4) is 0 Å². The van der Waals surface area contributed by atoms with Gasteiger partial charge in [0.2, 0.25) is 5.82 Å². The Morgan fingerprint density at radius 2 is 2.03 bits per heavy atom. The zero-order chi connectivity index (χ0) is 21.3. The largest absolute Gasteiger partial charge is 0.394 e. The SMILES string of the molecule is Cn1c(=O)c(F)c(Nc2ccc(C#N)cc2F)c2c(=O)n(C[C@H](O)CO)cnc21. The van der Waals surface area contributed by atoms with E-state index in [1.165, 1.54) is 19.2 Å². The Hall–Kier alpha value is -3.62. The first-order valence-corrected chi connectivity index (χ1v) is 8.31. The highest BCUT2D eigenvalue weighted by Crippen LogP contribution is 2.26. The molecule has 11 heteroatoms. The third-order valence-electron chi connectivity index (χ3n) is 4.27. The molecule has 2 aromatic heterocycles. The number of aliphatic hydroxyl groups excluding tert-OH is 2. The van der Waals surface area contributed by atoms with Crippen molar-refractivity contribution in [1.29, 1.82) is 5.26 Å². The molecule has 0 amide bonds. The van der Waals surface area contributed by atoms with Crippen LogP contribution in [0, 0.1) is 23.0 Å². The highest BCUT2D eigenvalue weighted by Gasteiger charge is 2.21. The maximum atomic E-state index is 14.8. The van der Waals surface area contributed by atoms with Gasteiger partial charge in [0, 0.05) is 7.05 Å². The van der Waals surface area contributed by atoms with Gasteiger partial charge in [0.15, 0.2) is 5.65 Å². The van der Waals surface area contributed by atoms with Crippen molar-refractivity contribution < 1.29 is 19.0 Å². The van der Waals surface area contributed by atoms with Gasteiger partial charge < -0.3 is 15.5 Å². The molecular weight excluding hydrogens is 388 g/mol. The number of aliphatic hydroxyl groups is 2. The number of nitrogens with zero attached hydrogens (tertiary/aromatic N) is 4. The fraction of sp³-hybridized carbons (Fsp3) is 0.222. The molecule has 9 nitrogen and oxygen atoms in total. The van der Waals surface area contributed by atoms with Crippen LogP contribution >= 0.6 is 0 Å². The van der Waals surface area contributed by atoms with E-state index in [1.807, 2.05) is 0 Å². The molecule has 150 valence electrons. The number of hydrogen-bond donors (Lipinski definition) is 3. The maximum Gasteiger partial charge on any atom is 0.290 e. The minimum absolute atomic E-state index is 0.0318. The van der Waals surface area contributed by atoms with Crippen LogP contribution in [0.25, 0.3) is 11.0 Å². The molecule has 0 unspecified atom stereocenters. The Balaban J connectivity index is 2.27. The summed E-state index contributed by atoms with van der Waals surface area (Å²) in [4.78, 5) is 29.0. The standard InChI is InChI=1S/C18H15F2N5O4/c1-24-16-13(17(28)25(8-22-16)6-10(27)7-26)15(14(20)18(24)29)23-12-3-2-9(5-21)4-11(12)19/h2-4,8,10,23,26-27H,6-7H2,1H3/t10-/m0/s1. The lowest BCUT2D eigenvalue weighted by Gasteiger charge is -2.15. The topological polar surface area (TPSA) is 133 Å². The van der Waals surface area contributed by atoms with Crippen LogP contribution in [-0.4, -0.2) is 37.0 Å². The number of aryl methyl sites for hydroxylation is 1. The van der Waals surface area contributed by atoms with E-state index in [1.54, 1.807) is 6.07 Å². The Bertz CT molecular complexity index is 1260. The third-order valence-corrected chi connectivity index (χ3v) is 4.27. The Labute approximate surface area is 161 Å². The number of fused-ring (bicyclic) bond motifs is 1. The molecule has 0 aliphatic rings. The summed E-state index contributed by atoms with van der Waals surface area (Å²) < 4.78 is 30.8. The van der Waals surface area contributed by atoms with Crippen molar-refractivity contribution in [3.05, 3.63) is 62.4 Å². The van der Waals surface area contributed by atoms with Crippen molar-refractivity contribution in [2.45, 2.75) is 12.6 Å². The number of halogens is 2. The van der Waals surface area contributed by atoms with E-state index in [-0.39, 0.29) is 28.8 Å². The number of pyridine rings is 1. The van der Waals surface area contributed by atoms with Gasteiger partial charge in [-0.3, -0.25) is 18.7 Å². The zero-order valence-corrected chi connectivity index (χ0v) is 15.1. The molecule has 0 fully saturated rings. The van der Waals surface area contributed by atoms with E-state index in [4.69, 9.17) is 10.4 Å². The average molecular weight is 403 g/mol. The molecule has 0 bridgehead atoms. The molecule has 3 aromatic rings. The second-order valence-electron chi connectivity index (χ2n) is 6.22. The molecule has 0 aliphatic heterocycles. The molecule has 1 atom stereocenters. The van der Waals surface area contributed by atoms with E-state index in [0.717, 1.165) is 21.5 Å². The molecular formula is C18H15F2N5O4. The predicted molar refractivity (Wildman–Crippen MR) is 98.7 cm³/mol. The second kappa shape index (κ2) is 7.78. The smallest absolute Gasteiger partial charge is 0.290 e. The Morgan fingerprint density at radius 3 is 2.66 bits per heavy atom. The van der Waals surface area contributed by atoms with Gasteiger partial charge in [-0.1, -0.05) is 0 Å². The van der Waals surface area contributed by atoms with Crippen molar-refractivity contribution in [1.82, 2.24) is 14.1 Å². The summed E-state index contributed by atoms with van der Waals surface area (Å²) in [7, 11) is 1.22. The van der Waals surface area contributed by atoms with E-state index >= 15 is 0 Å². The van der Waals surface area contributed by atoms with E-state index in [0.29, 0.717) is 0 Å². The second-order valence-corrected chi connectivity index (χ2v) is 6.22. The minimum atomic E-state index is -1.33. The average Bonchev–Trinajstić information content (AvgIpc) is 2.72. The summed E-state index contributed by atoms with van der Waals surface area (Å²) in [6.07, 6.45) is -0.218. The quantitative estimate of drug-likeness (QED) is 0.559. The highest BCUT2D eigenvalue weighted by atomic mass is 19.1.